The molecule has 2 atom stereocenters. The molecule has 1 amide bonds. The van der Waals surface area contributed by atoms with E-state index in [-0.39, 0.29) is 12.0 Å². The maximum absolute atomic E-state index is 12.1. The molecule has 2 unspecified atom stereocenters. The summed E-state index contributed by atoms with van der Waals surface area (Å²) in [5, 5.41) is 0. The first kappa shape index (κ1) is 21.8. The number of carbonyl (C=O) groups is 1. The number of piperidine rings is 1. The zero-order valence-electron chi connectivity index (χ0n) is 18.7. The molecule has 2 heterocycles. The second-order valence-electron chi connectivity index (χ2n) is 8.14. The van der Waals surface area contributed by atoms with Gasteiger partial charge in [0, 0.05) is 29.2 Å². The fourth-order valence-corrected chi connectivity index (χ4v) is 4.50. The molecule has 0 spiro atoms. The van der Waals surface area contributed by atoms with Crippen LogP contribution in [0, 0.1) is 0 Å². The van der Waals surface area contributed by atoms with E-state index < -0.39 is 5.91 Å². The third kappa shape index (κ3) is 4.18. The number of rotatable bonds is 5. The monoisotopic (exact) mass is 435 g/mol. The van der Waals surface area contributed by atoms with Gasteiger partial charge < -0.3 is 25.8 Å². The van der Waals surface area contributed by atoms with Crippen molar-refractivity contribution < 1.29 is 14.3 Å². The number of hydrogen-bond donors (Lipinski definition) is 2. The highest BCUT2D eigenvalue weighted by atomic mass is 16.5. The number of benzene rings is 2. The van der Waals surface area contributed by atoms with Crippen LogP contribution in [0.25, 0.3) is 0 Å². The van der Waals surface area contributed by atoms with E-state index in [1.807, 2.05) is 25.1 Å². The van der Waals surface area contributed by atoms with Crippen LogP contribution < -0.4 is 20.9 Å². The SMILES string of the molecule is CCOc1cc2c(cc1OC)C(c1ccc(C(=O)N=C(N)N)cc1)=NC1CCN(C)CC21. The summed E-state index contributed by atoms with van der Waals surface area (Å²) in [5.74, 6) is 0.997. The summed E-state index contributed by atoms with van der Waals surface area (Å²) in [6, 6.07) is 11.5. The van der Waals surface area contributed by atoms with Crippen LogP contribution in [0.15, 0.2) is 46.4 Å². The fourth-order valence-electron chi connectivity index (χ4n) is 4.50. The molecule has 8 nitrogen and oxygen atoms in total. The molecule has 1 fully saturated rings. The van der Waals surface area contributed by atoms with Crippen LogP contribution in [0.3, 0.4) is 0 Å². The van der Waals surface area contributed by atoms with Crippen LogP contribution in [-0.2, 0) is 0 Å². The first-order chi connectivity index (χ1) is 15.4. The van der Waals surface area contributed by atoms with E-state index in [0.29, 0.717) is 23.8 Å². The number of nitrogens with zero attached hydrogens (tertiary/aromatic N) is 3. The third-order valence-electron chi connectivity index (χ3n) is 6.00. The number of aliphatic imine (C=N–C) groups is 2. The van der Waals surface area contributed by atoms with Crippen LogP contribution in [-0.4, -0.2) is 62.4 Å². The molecule has 0 aromatic heterocycles. The van der Waals surface area contributed by atoms with Gasteiger partial charge in [0.25, 0.3) is 5.91 Å². The van der Waals surface area contributed by atoms with Gasteiger partial charge in [-0.25, -0.2) is 0 Å². The number of methoxy groups -OCH3 is 1. The van der Waals surface area contributed by atoms with Gasteiger partial charge >= 0.3 is 0 Å². The predicted molar refractivity (Wildman–Crippen MR) is 125 cm³/mol. The molecular formula is C24H29N5O3. The van der Waals surface area contributed by atoms with E-state index in [2.05, 4.69) is 23.0 Å². The van der Waals surface area contributed by atoms with Crippen molar-refractivity contribution in [3.05, 3.63) is 58.7 Å². The number of guanidine groups is 1. The summed E-state index contributed by atoms with van der Waals surface area (Å²) < 4.78 is 11.5. The molecule has 0 saturated carbocycles. The quantitative estimate of drug-likeness (QED) is 0.549. The van der Waals surface area contributed by atoms with Crippen molar-refractivity contribution in [2.24, 2.45) is 21.5 Å². The van der Waals surface area contributed by atoms with E-state index >= 15 is 0 Å². The van der Waals surface area contributed by atoms with Crippen molar-refractivity contribution in [1.29, 1.82) is 0 Å². The molecule has 32 heavy (non-hydrogen) atoms. The lowest BCUT2D eigenvalue weighted by Gasteiger charge is -2.39. The molecule has 2 aromatic rings. The number of amides is 1. The molecule has 1 saturated heterocycles. The van der Waals surface area contributed by atoms with Gasteiger partial charge in [-0.15, -0.1) is 0 Å². The summed E-state index contributed by atoms with van der Waals surface area (Å²) in [7, 11) is 3.79. The second-order valence-corrected chi connectivity index (χ2v) is 8.14. The van der Waals surface area contributed by atoms with Crippen LogP contribution in [0.4, 0.5) is 0 Å². The number of fused-ring (bicyclic) bond motifs is 3. The minimum atomic E-state index is -0.471. The molecule has 8 heteroatoms. The number of likely N-dealkylation sites (N-methyl/N-ethyl adjacent to an activating group) is 1. The van der Waals surface area contributed by atoms with Gasteiger partial charge in [0.2, 0.25) is 0 Å². The largest absolute Gasteiger partial charge is 0.493 e. The highest BCUT2D eigenvalue weighted by Gasteiger charge is 2.36. The fraction of sp³-hybridized carbons (Fsp3) is 0.375. The Bertz CT molecular complexity index is 1070. The van der Waals surface area contributed by atoms with Gasteiger partial charge in [0.05, 0.1) is 25.5 Å². The Labute approximate surface area is 187 Å². The average molecular weight is 436 g/mol. The van der Waals surface area contributed by atoms with E-state index in [1.165, 1.54) is 5.56 Å². The maximum atomic E-state index is 12.1. The summed E-state index contributed by atoms with van der Waals surface area (Å²) >= 11 is 0. The maximum Gasteiger partial charge on any atom is 0.280 e. The van der Waals surface area contributed by atoms with Gasteiger partial charge in [0.15, 0.2) is 17.5 Å². The Hall–Kier alpha value is -3.39. The van der Waals surface area contributed by atoms with Crippen molar-refractivity contribution in [2.75, 3.05) is 33.9 Å². The van der Waals surface area contributed by atoms with Gasteiger partial charge in [-0.05, 0) is 56.8 Å². The van der Waals surface area contributed by atoms with Gasteiger partial charge in [0.1, 0.15) is 0 Å². The second kappa shape index (κ2) is 9.00. The smallest absolute Gasteiger partial charge is 0.280 e. The van der Waals surface area contributed by atoms with Gasteiger partial charge in [-0.2, -0.15) is 4.99 Å². The molecule has 168 valence electrons. The normalized spacial score (nSPS) is 19.9. The third-order valence-corrected chi connectivity index (χ3v) is 6.00. The van der Waals surface area contributed by atoms with E-state index in [9.17, 15) is 4.79 Å². The Kier molecular flexibility index (Phi) is 6.14. The predicted octanol–water partition coefficient (Wildman–Crippen LogP) is 2.15. The lowest BCUT2D eigenvalue weighted by molar-refractivity contribution is 0.100. The molecule has 0 bridgehead atoms. The zero-order valence-corrected chi connectivity index (χ0v) is 18.7. The summed E-state index contributed by atoms with van der Waals surface area (Å²) in [6.45, 7) is 4.48. The molecule has 0 aliphatic carbocycles. The van der Waals surface area contributed by atoms with Crippen molar-refractivity contribution in [1.82, 2.24) is 4.90 Å². The van der Waals surface area contributed by atoms with Crippen LogP contribution in [0.1, 0.15) is 46.3 Å². The molecule has 4 rings (SSSR count). The van der Waals surface area contributed by atoms with Crippen molar-refractivity contribution >= 4 is 17.6 Å². The molecule has 2 aromatic carbocycles. The minimum absolute atomic E-state index is 0.194. The average Bonchev–Trinajstić information content (AvgIpc) is 2.78. The lowest BCUT2D eigenvalue weighted by Crippen LogP contribution is -2.41. The Morgan fingerprint density at radius 2 is 1.97 bits per heavy atom. The van der Waals surface area contributed by atoms with Crippen molar-refractivity contribution in [2.45, 2.75) is 25.3 Å². The number of ether oxygens (including phenoxy) is 2. The Balaban J connectivity index is 1.79. The topological polar surface area (TPSA) is 116 Å². The first-order valence-corrected chi connectivity index (χ1v) is 10.8. The van der Waals surface area contributed by atoms with Crippen LogP contribution in [0.5, 0.6) is 11.5 Å². The highest BCUT2D eigenvalue weighted by molar-refractivity contribution is 6.15. The first-order valence-electron chi connectivity index (χ1n) is 10.8. The van der Waals surface area contributed by atoms with Crippen LogP contribution in [0.2, 0.25) is 0 Å². The minimum Gasteiger partial charge on any atom is -0.493 e. The van der Waals surface area contributed by atoms with Crippen molar-refractivity contribution in [3.63, 3.8) is 0 Å². The molecular weight excluding hydrogens is 406 g/mol. The van der Waals surface area contributed by atoms with Crippen LogP contribution >= 0.6 is 0 Å². The van der Waals surface area contributed by atoms with E-state index in [1.54, 1.807) is 19.2 Å². The Morgan fingerprint density at radius 3 is 2.62 bits per heavy atom. The highest BCUT2D eigenvalue weighted by Crippen LogP contribution is 2.42. The summed E-state index contributed by atoms with van der Waals surface area (Å²) in [6.07, 6.45) is 0.987. The summed E-state index contributed by atoms with van der Waals surface area (Å²) in [5.41, 5.74) is 15.1. The van der Waals surface area contributed by atoms with Crippen molar-refractivity contribution in [3.8, 4) is 11.5 Å². The molecule has 2 aliphatic rings. The van der Waals surface area contributed by atoms with Gasteiger partial charge in [-0.1, -0.05) is 12.1 Å². The van der Waals surface area contributed by atoms with E-state index in [0.717, 1.165) is 42.1 Å². The molecule has 0 radical (unpaired) electrons. The summed E-state index contributed by atoms with van der Waals surface area (Å²) in [4.78, 5) is 23.2. The Morgan fingerprint density at radius 1 is 1.22 bits per heavy atom. The molecule has 2 aliphatic heterocycles. The molecule has 4 N–H and O–H groups in total. The number of carbonyl (C=O) groups excluding carboxylic acids is 1. The zero-order chi connectivity index (χ0) is 22.8. The lowest BCUT2D eigenvalue weighted by atomic mass is 9.79. The number of likely N-dealkylation sites (tertiary alicyclic amines) is 1. The number of nitrogens with two attached hydrogens (primary N) is 2. The number of hydrogen-bond acceptors (Lipinski definition) is 5. The van der Waals surface area contributed by atoms with E-state index in [4.69, 9.17) is 25.9 Å². The standard InChI is InChI=1S/C24H29N5O3/c1-4-32-21-11-16-17(12-20(21)31-3)22(27-19-9-10-29(2)13-18(16)19)14-5-7-15(8-6-14)23(30)28-24(25)26/h5-8,11-12,18-19H,4,9-10,13H2,1-3H3,(H4,25,26,28,30). The van der Waals surface area contributed by atoms with Gasteiger partial charge in [-0.3, -0.25) is 9.79 Å².